The van der Waals surface area contributed by atoms with Gasteiger partial charge in [0.25, 0.3) is 6.47 Å². The summed E-state index contributed by atoms with van der Waals surface area (Å²) in [6, 6.07) is 0. The molecule has 0 rings (SSSR count). The third-order valence-corrected chi connectivity index (χ3v) is 2.35. The molecule has 0 aliphatic heterocycles. The summed E-state index contributed by atoms with van der Waals surface area (Å²) in [5.41, 5.74) is 0. The van der Waals surface area contributed by atoms with Crippen LogP contribution in [0.25, 0.3) is 0 Å². The van der Waals surface area contributed by atoms with E-state index in [1.54, 1.807) is 0 Å². The molecular formula is C11H20O4. The molecular weight excluding hydrogens is 196 g/mol. The van der Waals surface area contributed by atoms with Gasteiger partial charge in [0.05, 0.1) is 6.42 Å². The average molecular weight is 216 g/mol. The molecule has 0 fully saturated rings. The van der Waals surface area contributed by atoms with Crippen molar-refractivity contribution in [2.45, 2.75) is 52.7 Å². The van der Waals surface area contributed by atoms with Gasteiger partial charge in [0.15, 0.2) is 0 Å². The molecule has 15 heavy (non-hydrogen) atoms. The van der Waals surface area contributed by atoms with Crippen molar-refractivity contribution in [2.75, 3.05) is 0 Å². The molecule has 0 amide bonds. The monoisotopic (exact) mass is 216 g/mol. The Kier molecular flexibility index (Phi) is 6.75. The molecule has 0 N–H and O–H groups in total. The molecule has 0 saturated heterocycles. The number of rotatable bonds is 7. The van der Waals surface area contributed by atoms with E-state index in [9.17, 15) is 9.59 Å². The first kappa shape index (κ1) is 13.9. The molecule has 2 atom stereocenters. The van der Waals surface area contributed by atoms with Gasteiger partial charge in [-0.25, -0.2) is 0 Å². The van der Waals surface area contributed by atoms with Crippen LogP contribution in [0.1, 0.15) is 40.5 Å². The highest BCUT2D eigenvalue weighted by atomic mass is 16.6. The van der Waals surface area contributed by atoms with Gasteiger partial charge in [0, 0.05) is 0 Å². The van der Waals surface area contributed by atoms with Gasteiger partial charge in [-0.2, -0.15) is 0 Å². The summed E-state index contributed by atoms with van der Waals surface area (Å²) in [5.74, 6) is -0.0223. The molecule has 0 aromatic rings. The summed E-state index contributed by atoms with van der Waals surface area (Å²) < 4.78 is 9.88. The summed E-state index contributed by atoms with van der Waals surface area (Å²) >= 11 is 0. The van der Waals surface area contributed by atoms with Crippen molar-refractivity contribution in [2.24, 2.45) is 5.92 Å². The van der Waals surface area contributed by atoms with Gasteiger partial charge >= 0.3 is 5.97 Å². The van der Waals surface area contributed by atoms with Crippen LogP contribution in [0.15, 0.2) is 0 Å². The molecule has 2 unspecified atom stereocenters. The number of carbonyl (C=O) groups excluding carboxylic acids is 2. The van der Waals surface area contributed by atoms with E-state index in [1.807, 2.05) is 27.7 Å². The number of hydrogen-bond acceptors (Lipinski definition) is 4. The van der Waals surface area contributed by atoms with E-state index in [2.05, 4.69) is 0 Å². The number of carbonyl (C=O) groups is 2. The van der Waals surface area contributed by atoms with Gasteiger partial charge in [-0.05, 0) is 19.3 Å². The molecule has 0 heterocycles. The minimum absolute atomic E-state index is 0.105. The zero-order valence-electron chi connectivity index (χ0n) is 9.86. The standard InChI is InChI=1S/C11H20O4/c1-5-10(14-7-12)6-11(13)15-9(4)8(2)3/h7-10H,5-6H2,1-4H3. The Hall–Kier alpha value is -1.06. The SMILES string of the molecule is CCC(CC(=O)OC(C)C(C)C)OC=O. The van der Waals surface area contributed by atoms with Gasteiger partial charge in [0.1, 0.15) is 12.2 Å². The van der Waals surface area contributed by atoms with Crippen LogP contribution in [0.2, 0.25) is 0 Å². The van der Waals surface area contributed by atoms with Crippen LogP contribution in [-0.2, 0) is 19.1 Å². The van der Waals surface area contributed by atoms with Crippen molar-refractivity contribution in [3.63, 3.8) is 0 Å². The fraction of sp³-hybridized carbons (Fsp3) is 0.818. The summed E-state index contributed by atoms with van der Waals surface area (Å²) in [6.07, 6.45) is 0.275. The maximum atomic E-state index is 11.4. The summed E-state index contributed by atoms with van der Waals surface area (Å²) in [7, 11) is 0. The van der Waals surface area contributed by atoms with Crippen molar-refractivity contribution >= 4 is 12.4 Å². The van der Waals surface area contributed by atoms with Crippen LogP contribution in [0, 0.1) is 5.92 Å². The van der Waals surface area contributed by atoms with E-state index in [0.717, 1.165) is 0 Å². The van der Waals surface area contributed by atoms with E-state index in [1.165, 1.54) is 0 Å². The molecule has 0 aliphatic carbocycles. The van der Waals surface area contributed by atoms with Crippen molar-refractivity contribution in [3.05, 3.63) is 0 Å². The molecule has 4 heteroatoms. The van der Waals surface area contributed by atoms with E-state index in [0.29, 0.717) is 18.8 Å². The summed E-state index contributed by atoms with van der Waals surface area (Å²) in [5, 5.41) is 0. The first-order valence-corrected chi connectivity index (χ1v) is 5.29. The van der Waals surface area contributed by atoms with Crippen molar-refractivity contribution < 1.29 is 19.1 Å². The van der Waals surface area contributed by atoms with Crippen LogP contribution >= 0.6 is 0 Å². The minimum Gasteiger partial charge on any atom is -0.464 e. The zero-order valence-corrected chi connectivity index (χ0v) is 9.86. The van der Waals surface area contributed by atoms with E-state index in [-0.39, 0.29) is 24.6 Å². The maximum Gasteiger partial charge on any atom is 0.309 e. The molecule has 0 aliphatic rings. The van der Waals surface area contributed by atoms with E-state index in [4.69, 9.17) is 9.47 Å². The first-order valence-electron chi connectivity index (χ1n) is 5.29. The predicted molar refractivity (Wildman–Crippen MR) is 56.2 cm³/mol. The Balaban J connectivity index is 3.95. The quantitative estimate of drug-likeness (QED) is 0.482. The minimum atomic E-state index is -0.366. The molecule has 0 aromatic carbocycles. The largest absolute Gasteiger partial charge is 0.464 e. The Labute approximate surface area is 90.9 Å². The highest BCUT2D eigenvalue weighted by Gasteiger charge is 2.17. The van der Waals surface area contributed by atoms with Crippen molar-refractivity contribution in [1.29, 1.82) is 0 Å². The normalized spacial score (nSPS) is 14.5. The first-order chi connectivity index (χ1) is 7.01. The Morgan fingerprint density at radius 1 is 1.33 bits per heavy atom. The van der Waals surface area contributed by atoms with E-state index < -0.39 is 0 Å². The lowest BCUT2D eigenvalue weighted by Crippen LogP contribution is -2.24. The fourth-order valence-electron chi connectivity index (χ4n) is 0.945. The number of ether oxygens (including phenoxy) is 2. The lowest BCUT2D eigenvalue weighted by Gasteiger charge is -2.18. The average Bonchev–Trinajstić information content (AvgIpc) is 2.16. The van der Waals surface area contributed by atoms with Gasteiger partial charge in [-0.1, -0.05) is 20.8 Å². The Morgan fingerprint density at radius 2 is 1.93 bits per heavy atom. The second kappa shape index (κ2) is 7.26. The van der Waals surface area contributed by atoms with Gasteiger partial charge in [0.2, 0.25) is 0 Å². The zero-order chi connectivity index (χ0) is 11.8. The number of hydrogen-bond donors (Lipinski definition) is 0. The lowest BCUT2D eigenvalue weighted by atomic mass is 10.1. The molecule has 0 bridgehead atoms. The van der Waals surface area contributed by atoms with Crippen molar-refractivity contribution in [3.8, 4) is 0 Å². The molecule has 0 radical (unpaired) electrons. The number of esters is 1. The third kappa shape index (κ3) is 6.10. The smallest absolute Gasteiger partial charge is 0.309 e. The summed E-state index contributed by atoms with van der Waals surface area (Å²) in [6.45, 7) is 8.04. The third-order valence-electron chi connectivity index (χ3n) is 2.35. The molecule has 4 nitrogen and oxygen atoms in total. The Morgan fingerprint density at radius 3 is 2.33 bits per heavy atom. The second-order valence-corrected chi connectivity index (χ2v) is 3.91. The second-order valence-electron chi connectivity index (χ2n) is 3.91. The Bertz CT molecular complexity index is 201. The van der Waals surface area contributed by atoms with Gasteiger partial charge in [-0.15, -0.1) is 0 Å². The van der Waals surface area contributed by atoms with Crippen molar-refractivity contribution in [1.82, 2.24) is 0 Å². The van der Waals surface area contributed by atoms with Crippen LogP contribution in [-0.4, -0.2) is 24.6 Å². The van der Waals surface area contributed by atoms with Crippen LogP contribution in [0.5, 0.6) is 0 Å². The van der Waals surface area contributed by atoms with Crippen LogP contribution < -0.4 is 0 Å². The maximum absolute atomic E-state index is 11.4. The molecule has 88 valence electrons. The summed E-state index contributed by atoms with van der Waals surface area (Å²) in [4.78, 5) is 21.5. The molecule has 0 aromatic heterocycles. The highest BCUT2D eigenvalue weighted by Crippen LogP contribution is 2.09. The fourth-order valence-corrected chi connectivity index (χ4v) is 0.945. The predicted octanol–water partition coefficient (Wildman–Crippen LogP) is 1.92. The topological polar surface area (TPSA) is 52.6 Å². The van der Waals surface area contributed by atoms with Crippen LogP contribution in [0.4, 0.5) is 0 Å². The lowest BCUT2D eigenvalue weighted by molar-refractivity contribution is -0.154. The van der Waals surface area contributed by atoms with Crippen LogP contribution in [0.3, 0.4) is 0 Å². The van der Waals surface area contributed by atoms with Gasteiger partial charge in [-0.3, -0.25) is 9.59 Å². The van der Waals surface area contributed by atoms with E-state index >= 15 is 0 Å². The molecule has 0 saturated carbocycles. The highest BCUT2D eigenvalue weighted by molar-refractivity contribution is 5.70. The van der Waals surface area contributed by atoms with Gasteiger partial charge < -0.3 is 9.47 Å². The molecule has 0 spiro atoms.